The summed E-state index contributed by atoms with van der Waals surface area (Å²) in [5, 5.41) is 2.78. The third-order valence-corrected chi connectivity index (χ3v) is 3.99. The van der Waals surface area contributed by atoms with Crippen LogP contribution in [0.5, 0.6) is 11.5 Å². The quantitative estimate of drug-likeness (QED) is 0.909. The summed E-state index contributed by atoms with van der Waals surface area (Å²) in [6.45, 7) is 6.35. The minimum absolute atomic E-state index is 0.142. The number of hydrogen-bond acceptors (Lipinski definition) is 4. The van der Waals surface area contributed by atoms with E-state index in [0.29, 0.717) is 24.7 Å². The average molecular weight is 320 g/mol. The second kappa shape index (κ2) is 6.48. The lowest BCUT2D eigenvalue weighted by Gasteiger charge is -2.28. The topological polar surface area (TPSA) is 67.9 Å². The number of amides is 2. The van der Waals surface area contributed by atoms with Crippen LogP contribution in [-0.2, 0) is 15.0 Å². The number of likely N-dealkylation sites (N-methyl/N-ethyl adjacent to an activating group) is 1. The van der Waals surface area contributed by atoms with E-state index in [9.17, 15) is 9.59 Å². The molecule has 23 heavy (non-hydrogen) atoms. The van der Waals surface area contributed by atoms with Gasteiger partial charge in [-0.2, -0.15) is 0 Å². The summed E-state index contributed by atoms with van der Waals surface area (Å²) >= 11 is 0. The van der Waals surface area contributed by atoms with Gasteiger partial charge in [0.25, 0.3) is 0 Å². The standard InChI is InChI=1S/C17H24N2O4/c1-11(15(20)19(4)5)18-16(21)17(2,3)12-6-7-13-14(10-12)23-9-8-22-13/h6-7,10-11H,8-9H2,1-5H3,(H,18,21)/t11-/m1/s1. The molecule has 1 aliphatic rings. The number of benzene rings is 1. The van der Waals surface area contributed by atoms with Crippen LogP contribution in [0.3, 0.4) is 0 Å². The zero-order valence-corrected chi connectivity index (χ0v) is 14.3. The minimum atomic E-state index is -0.795. The highest BCUT2D eigenvalue weighted by Crippen LogP contribution is 2.35. The van der Waals surface area contributed by atoms with Crippen molar-refractivity contribution in [2.24, 2.45) is 0 Å². The predicted molar refractivity (Wildman–Crippen MR) is 86.8 cm³/mol. The molecule has 0 radical (unpaired) electrons. The van der Waals surface area contributed by atoms with Crippen molar-refractivity contribution in [1.29, 1.82) is 0 Å². The van der Waals surface area contributed by atoms with E-state index >= 15 is 0 Å². The van der Waals surface area contributed by atoms with Crippen LogP contribution < -0.4 is 14.8 Å². The maximum Gasteiger partial charge on any atom is 0.244 e. The highest BCUT2D eigenvalue weighted by atomic mass is 16.6. The first-order valence-electron chi connectivity index (χ1n) is 7.65. The van der Waals surface area contributed by atoms with Crippen molar-refractivity contribution in [3.63, 3.8) is 0 Å². The normalized spacial score (nSPS) is 14.8. The molecule has 0 fully saturated rings. The lowest BCUT2D eigenvalue weighted by Crippen LogP contribution is -2.49. The highest BCUT2D eigenvalue weighted by molar-refractivity contribution is 5.92. The molecule has 6 nitrogen and oxygen atoms in total. The molecule has 0 saturated carbocycles. The fourth-order valence-corrected chi connectivity index (χ4v) is 2.39. The first-order chi connectivity index (χ1) is 10.7. The fourth-order valence-electron chi connectivity index (χ4n) is 2.39. The van der Waals surface area contributed by atoms with Crippen molar-refractivity contribution < 1.29 is 19.1 Å². The number of nitrogens with zero attached hydrogens (tertiary/aromatic N) is 1. The molecule has 0 bridgehead atoms. The molecular weight excluding hydrogens is 296 g/mol. The lowest BCUT2D eigenvalue weighted by molar-refractivity contribution is -0.135. The zero-order chi connectivity index (χ0) is 17.2. The van der Waals surface area contributed by atoms with Crippen molar-refractivity contribution in [3.8, 4) is 11.5 Å². The molecule has 0 unspecified atom stereocenters. The Kier molecular flexibility index (Phi) is 4.82. The maximum absolute atomic E-state index is 12.6. The number of carbonyl (C=O) groups is 2. The summed E-state index contributed by atoms with van der Waals surface area (Å²) in [6.07, 6.45) is 0. The van der Waals surface area contributed by atoms with Crippen LogP contribution in [0.2, 0.25) is 0 Å². The Morgan fingerprint density at radius 2 is 1.78 bits per heavy atom. The van der Waals surface area contributed by atoms with Crippen LogP contribution in [0.15, 0.2) is 18.2 Å². The van der Waals surface area contributed by atoms with E-state index in [2.05, 4.69) is 5.32 Å². The van der Waals surface area contributed by atoms with Gasteiger partial charge >= 0.3 is 0 Å². The van der Waals surface area contributed by atoms with Crippen LogP contribution in [-0.4, -0.2) is 50.1 Å². The molecule has 1 heterocycles. The van der Waals surface area contributed by atoms with Crippen LogP contribution in [0.4, 0.5) is 0 Å². The Hall–Kier alpha value is -2.24. The maximum atomic E-state index is 12.6. The smallest absolute Gasteiger partial charge is 0.244 e. The molecule has 2 amide bonds. The molecule has 6 heteroatoms. The van der Waals surface area contributed by atoms with Gasteiger partial charge in [0.2, 0.25) is 11.8 Å². The minimum Gasteiger partial charge on any atom is -0.486 e. The highest BCUT2D eigenvalue weighted by Gasteiger charge is 2.33. The summed E-state index contributed by atoms with van der Waals surface area (Å²) in [5.74, 6) is 0.979. The van der Waals surface area contributed by atoms with E-state index in [1.807, 2.05) is 32.0 Å². The molecule has 1 atom stereocenters. The summed E-state index contributed by atoms with van der Waals surface area (Å²) in [6, 6.07) is 4.92. The SMILES string of the molecule is C[C@@H](NC(=O)C(C)(C)c1ccc2c(c1)OCCO2)C(=O)N(C)C. The molecule has 1 N–H and O–H groups in total. The largest absolute Gasteiger partial charge is 0.486 e. The van der Waals surface area contributed by atoms with Gasteiger partial charge in [-0.3, -0.25) is 9.59 Å². The van der Waals surface area contributed by atoms with Gasteiger partial charge in [0, 0.05) is 14.1 Å². The fraction of sp³-hybridized carbons (Fsp3) is 0.529. The lowest BCUT2D eigenvalue weighted by atomic mass is 9.83. The van der Waals surface area contributed by atoms with Crippen LogP contribution in [0.1, 0.15) is 26.3 Å². The van der Waals surface area contributed by atoms with Gasteiger partial charge in [0.1, 0.15) is 19.3 Å². The summed E-state index contributed by atoms with van der Waals surface area (Å²) in [5.41, 5.74) is 0.0141. The molecule has 126 valence electrons. The van der Waals surface area contributed by atoms with Gasteiger partial charge < -0.3 is 19.7 Å². The van der Waals surface area contributed by atoms with Gasteiger partial charge in [-0.05, 0) is 38.5 Å². The number of nitrogens with one attached hydrogen (secondary N) is 1. The van der Waals surface area contributed by atoms with E-state index in [4.69, 9.17) is 9.47 Å². The first-order valence-corrected chi connectivity index (χ1v) is 7.65. The Labute approximate surface area is 136 Å². The number of rotatable bonds is 4. The molecule has 1 aliphatic heterocycles. The molecular formula is C17H24N2O4. The van der Waals surface area contributed by atoms with Gasteiger partial charge in [-0.25, -0.2) is 0 Å². The van der Waals surface area contributed by atoms with E-state index in [-0.39, 0.29) is 11.8 Å². The Morgan fingerprint density at radius 3 is 2.39 bits per heavy atom. The third kappa shape index (κ3) is 3.57. The number of fused-ring (bicyclic) bond motifs is 1. The predicted octanol–water partition coefficient (Wildman–Crippen LogP) is 1.33. The van der Waals surface area contributed by atoms with Crippen molar-refractivity contribution >= 4 is 11.8 Å². The summed E-state index contributed by atoms with van der Waals surface area (Å²) in [4.78, 5) is 26.0. The van der Waals surface area contributed by atoms with E-state index in [1.165, 1.54) is 4.90 Å². The Bertz CT molecular complexity index is 611. The van der Waals surface area contributed by atoms with E-state index in [1.54, 1.807) is 21.0 Å². The molecule has 0 aromatic heterocycles. The number of ether oxygens (including phenoxy) is 2. The van der Waals surface area contributed by atoms with E-state index < -0.39 is 11.5 Å². The number of hydrogen-bond donors (Lipinski definition) is 1. The van der Waals surface area contributed by atoms with Gasteiger partial charge in [0.15, 0.2) is 11.5 Å². The zero-order valence-electron chi connectivity index (χ0n) is 14.3. The average Bonchev–Trinajstić information content (AvgIpc) is 2.53. The van der Waals surface area contributed by atoms with Gasteiger partial charge in [-0.15, -0.1) is 0 Å². The van der Waals surface area contributed by atoms with Crippen molar-refractivity contribution in [3.05, 3.63) is 23.8 Å². The Morgan fingerprint density at radius 1 is 1.17 bits per heavy atom. The molecule has 2 rings (SSSR count). The third-order valence-electron chi connectivity index (χ3n) is 3.99. The van der Waals surface area contributed by atoms with Crippen molar-refractivity contribution in [2.75, 3.05) is 27.3 Å². The molecule has 0 saturated heterocycles. The second-order valence-electron chi connectivity index (χ2n) is 6.41. The second-order valence-corrected chi connectivity index (χ2v) is 6.41. The van der Waals surface area contributed by atoms with Crippen molar-refractivity contribution in [1.82, 2.24) is 10.2 Å². The van der Waals surface area contributed by atoms with Crippen LogP contribution in [0.25, 0.3) is 0 Å². The molecule has 1 aromatic rings. The molecule has 0 aliphatic carbocycles. The Balaban J connectivity index is 2.17. The monoisotopic (exact) mass is 320 g/mol. The van der Waals surface area contributed by atoms with Crippen molar-refractivity contribution in [2.45, 2.75) is 32.2 Å². The first kappa shape index (κ1) is 17.1. The van der Waals surface area contributed by atoms with Gasteiger partial charge in [-0.1, -0.05) is 6.07 Å². The molecule has 0 spiro atoms. The number of carbonyl (C=O) groups excluding carboxylic acids is 2. The van der Waals surface area contributed by atoms with Crippen LogP contribution in [0, 0.1) is 0 Å². The molecule has 1 aromatic carbocycles. The van der Waals surface area contributed by atoms with Crippen LogP contribution >= 0.6 is 0 Å². The summed E-state index contributed by atoms with van der Waals surface area (Å²) in [7, 11) is 3.33. The summed E-state index contributed by atoms with van der Waals surface area (Å²) < 4.78 is 11.1. The van der Waals surface area contributed by atoms with E-state index in [0.717, 1.165) is 5.56 Å². The van der Waals surface area contributed by atoms with Gasteiger partial charge in [0.05, 0.1) is 5.41 Å².